The molecule has 2 aromatic carbocycles. The minimum Gasteiger partial charge on any atom is -0.381 e. The third-order valence-electron chi connectivity index (χ3n) is 2.47. The van der Waals surface area contributed by atoms with E-state index in [9.17, 15) is 4.39 Å². The lowest BCUT2D eigenvalue weighted by Gasteiger charge is -2.07. The van der Waals surface area contributed by atoms with Gasteiger partial charge in [0.15, 0.2) is 0 Å². The molecule has 0 heterocycles. The Labute approximate surface area is 99.3 Å². The van der Waals surface area contributed by atoms with E-state index in [0.717, 1.165) is 11.3 Å². The van der Waals surface area contributed by atoms with Crippen LogP contribution in [0.15, 0.2) is 48.5 Å². The van der Waals surface area contributed by atoms with Crippen molar-refractivity contribution in [2.24, 2.45) is 0 Å². The van der Waals surface area contributed by atoms with E-state index in [1.807, 2.05) is 18.2 Å². The van der Waals surface area contributed by atoms with Gasteiger partial charge in [-0.2, -0.15) is 5.26 Å². The lowest BCUT2D eigenvalue weighted by molar-refractivity contribution is 0.628. The van der Waals surface area contributed by atoms with Gasteiger partial charge in [-0.25, -0.2) is 4.39 Å². The summed E-state index contributed by atoms with van der Waals surface area (Å²) in [6.07, 6.45) is 0. The van der Waals surface area contributed by atoms with Gasteiger partial charge in [0.25, 0.3) is 0 Å². The molecular formula is C14H11FN2. The molecule has 0 fully saturated rings. The summed E-state index contributed by atoms with van der Waals surface area (Å²) in [6, 6.07) is 15.7. The second-order valence-corrected chi connectivity index (χ2v) is 3.63. The van der Waals surface area contributed by atoms with Crippen LogP contribution in [0, 0.1) is 17.1 Å². The molecule has 0 aliphatic heterocycles. The Morgan fingerprint density at radius 3 is 2.47 bits per heavy atom. The standard InChI is InChI=1S/C14H11FN2/c15-13-5-7-14(8-6-13)17-10-12-4-2-1-3-11(12)9-16/h1-8,17H,10H2. The summed E-state index contributed by atoms with van der Waals surface area (Å²) >= 11 is 0. The SMILES string of the molecule is N#Cc1ccccc1CNc1ccc(F)cc1. The van der Waals surface area contributed by atoms with Gasteiger partial charge in [0, 0.05) is 12.2 Å². The Hall–Kier alpha value is -2.34. The zero-order chi connectivity index (χ0) is 12.1. The van der Waals surface area contributed by atoms with Gasteiger partial charge in [0.1, 0.15) is 5.82 Å². The van der Waals surface area contributed by atoms with Crippen LogP contribution in [0.5, 0.6) is 0 Å². The van der Waals surface area contributed by atoms with E-state index < -0.39 is 0 Å². The highest BCUT2D eigenvalue weighted by Gasteiger charge is 2.00. The van der Waals surface area contributed by atoms with E-state index in [1.165, 1.54) is 12.1 Å². The summed E-state index contributed by atoms with van der Waals surface area (Å²) in [5.74, 6) is -0.257. The molecule has 0 aliphatic rings. The van der Waals surface area contributed by atoms with Gasteiger partial charge >= 0.3 is 0 Å². The second-order valence-electron chi connectivity index (χ2n) is 3.63. The molecule has 3 heteroatoms. The fourth-order valence-corrected chi connectivity index (χ4v) is 1.55. The molecule has 2 rings (SSSR count). The number of anilines is 1. The molecule has 0 aliphatic carbocycles. The summed E-state index contributed by atoms with van der Waals surface area (Å²) < 4.78 is 12.7. The monoisotopic (exact) mass is 226 g/mol. The molecule has 1 N–H and O–H groups in total. The Kier molecular flexibility index (Phi) is 3.37. The number of nitrogens with zero attached hydrogens (tertiary/aromatic N) is 1. The fraction of sp³-hybridized carbons (Fsp3) is 0.0714. The van der Waals surface area contributed by atoms with Crippen molar-refractivity contribution in [2.45, 2.75) is 6.54 Å². The number of benzene rings is 2. The smallest absolute Gasteiger partial charge is 0.123 e. The molecule has 0 radical (unpaired) electrons. The number of hydrogen-bond acceptors (Lipinski definition) is 2. The summed E-state index contributed by atoms with van der Waals surface area (Å²) in [5, 5.41) is 12.1. The third kappa shape index (κ3) is 2.82. The molecule has 84 valence electrons. The lowest BCUT2D eigenvalue weighted by Crippen LogP contribution is -2.01. The summed E-state index contributed by atoms with van der Waals surface area (Å²) in [7, 11) is 0. The Balaban J connectivity index is 2.08. The van der Waals surface area contributed by atoms with Crippen LogP contribution < -0.4 is 5.32 Å². The van der Waals surface area contributed by atoms with Crippen LogP contribution in [-0.2, 0) is 6.54 Å². The topological polar surface area (TPSA) is 35.8 Å². The van der Waals surface area contributed by atoms with E-state index in [0.29, 0.717) is 12.1 Å². The van der Waals surface area contributed by atoms with Crippen molar-refractivity contribution in [1.82, 2.24) is 0 Å². The number of rotatable bonds is 3. The Bertz CT molecular complexity index is 541. The zero-order valence-corrected chi connectivity index (χ0v) is 9.15. The lowest BCUT2D eigenvalue weighted by atomic mass is 10.1. The molecule has 0 atom stereocenters. The van der Waals surface area contributed by atoms with E-state index in [1.54, 1.807) is 18.2 Å². The van der Waals surface area contributed by atoms with Crippen LogP contribution in [0.25, 0.3) is 0 Å². The van der Waals surface area contributed by atoms with E-state index in [4.69, 9.17) is 5.26 Å². The van der Waals surface area contributed by atoms with Gasteiger partial charge in [0.2, 0.25) is 0 Å². The van der Waals surface area contributed by atoms with Crippen molar-refractivity contribution in [3.8, 4) is 6.07 Å². The van der Waals surface area contributed by atoms with Gasteiger partial charge in [-0.15, -0.1) is 0 Å². The first-order chi connectivity index (χ1) is 8.29. The van der Waals surface area contributed by atoms with Crippen LogP contribution in [0.3, 0.4) is 0 Å². The maximum atomic E-state index is 12.7. The number of nitriles is 1. The van der Waals surface area contributed by atoms with Crippen LogP contribution in [0.2, 0.25) is 0 Å². The third-order valence-corrected chi connectivity index (χ3v) is 2.47. The van der Waals surface area contributed by atoms with Crippen molar-refractivity contribution in [1.29, 1.82) is 5.26 Å². The summed E-state index contributed by atoms with van der Waals surface area (Å²) in [4.78, 5) is 0. The van der Waals surface area contributed by atoms with Crippen LogP contribution in [-0.4, -0.2) is 0 Å². The van der Waals surface area contributed by atoms with Crippen LogP contribution in [0.4, 0.5) is 10.1 Å². The normalized spacial score (nSPS) is 9.65. The minimum absolute atomic E-state index is 0.257. The second kappa shape index (κ2) is 5.13. The molecule has 0 saturated carbocycles. The highest BCUT2D eigenvalue weighted by Crippen LogP contribution is 2.12. The maximum absolute atomic E-state index is 12.7. The van der Waals surface area contributed by atoms with Gasteiger partial charge in [-0.05, 0) is 35.9 Å². The van der Waals surface area contributed by atoms with Crippen molar-refractivity contribution < 1.29 is 4.39 Å². The van der Waals surface area contributed by atoms with Crippen LogP contribution in [0.1, 0.15) is 11.1 Å². The maximum Gasteiger partial charge on any atom is 0.123 e. The number of nitrogens with one attached hydrogen (secondary N) is 1. The summed E-state index contributed by atoms with van der Waals surface area (Å²) in [6.45, 7) is 0.551. The first kappa shape index (κ1) is 11.2. The number of halogens is 1. The van der Waals surface area contributed by atoms with Crippen molar-refractivity contribution in [2.75, 3.05) is 5.32 Å². The predicted octanol–water partition coefficient (Wildman–Crippen LogP) is 3.31. The molecule has 2 aromatic rings. The fourth-order valence-electron chi connectivity index (χ4n) is 1.55. The van der Waals surface area contributed by atoms with Gasteiger partial charge in [-0.1, -0.05) is 18.2 Å². The van der Waals surface area contributed by atoms with Crippen molar-refractivity contribution in [3.05, 3.63) is 65.5 Å². The minimum atomic E-state index is -0.257. The largest absolute Gasteiger partial charge is 0.381 e. The molecule has 0 bridgehead atoms. The zero-order valence-electron chi connectivity index (χ0n) is 9.15. The quantitative estimate of drug-likeness (QED) is 0.871. The summed E-state index contributed by atoms with van der Waals surface area (Å²) in [5.41, 5.74) is 2.42. The molecule has 0 saturated heterocycles. The van der Waals surface area contributed by atoms with Gasteiger partial charge in [0.05, 0.1) is 11.6 Å². The molecule has 0 amide bonds. The molecule has 0 spiro atoms. The highest BCUT2D eigenvalue weighted by atomic mass is 19.1. The highest BCUT2D eigenvalue weighted by molar-refractivity contribution is 5.45. The molecular weight excluding hydrogens is 215 g/mol. The number of hydrogen-bond donors (Lipinski definition) is 1. The van der Waals surface area contributed by atoms with E-state index >= 15 is 0 Å². The van der Waals surface area contributed by atoms with Gasteiger partial charge < -0.3 is 5.32 Å². The molecule has 2 nitrogen and oxygen atoms in total. The van der Waals surface area contributed by atoms with E-state index in [2.05, 4.69) is 11.4 Å². The van der Waals surface area contributed by atoms with E-state index in [-0.39, 0.29) is 5.82 Å². The predicted molar refractivity (Wildman–Crippen MR) is 64.9 cm³/mol. The van der Waals surface area contributed by atoms with Crippen molar-refractivity contribution in [3.63, 3.8) is 0 Å². The first-order valence-corrected chi connectivity index (χ1v) is 5.27. The van der Waals surface area contributed by atoms with Crippen LogP contribution >= 0.6 is 0 Å². The molecule has 0 unspecified atom stereocenters. The Morgan fingerprint density at radius 2 is 1.76 bits per heavy atom. The average molecular weight is 226 g/mol. The molecule has 0 aromatic heterocycles. The molecule has 17 heavy (non-hydrogen) atoms. The Morgan fingerprint density at radius 1 is 1.06 bits per heavy atom. The van der Waals surface area contributed by atoms with Gasteiger partial charge in [-0.3, -0.25) is 0 Å². The first-order valence-electron chi connectivity index (χ1n) is 5.27. The average Bonchev–Trinajstić information content (AvgIpc) is 2.38. The van der Waals surface area contributed by atoms with Crippen molar-refractivity contribution >= 4 is 5.69 Å².